The highest BCUT2D eigenvalue weighted by atomic mass is 32.2. The van der Waals surface area contributed by atoms with Crippen LogP contribution in [0.4, 0.5) is 11.4 Å². The van der Waals surface area contributed by atoms with Gasteiger partial charge in [0.05, 0.1) is 28.5 Å². The van der Waals surface area contributed by atoms with Gasteiger partial charge in [-0.3, -0.25) is 4.21 Å². The summed E-state index contributed by atoms with van der Waals surface area (Å²) in [6.45, 7) is 2.28. The monoisotopic (exact) mass is 578 g/mol. The molecule has 1 atom stereocenters. The number of rotatable bonds is 21. The van der Waals surface area contributed by atoms with Crippen molar-refractivity contribution in [2.75, 3.05) is 12.9 Å². The van der Waals surface area contributed by atoms with Crippen LogP contribution in [-0.4, -0.2) is 22.2 Å². The number of unbranched alkanes of at least 4 members (excludes halogenated alkanes) is 15. The Morgan fingerprint density at radius 2 is 1.24 bits per heavy atom. The van der Waals surface area contributed by atoms with Gasteiger partial charge in [0.2, 0.25) is 0 Å². The standard InChI is InChI=1S/C35H50N2O3S/c1-3-4-5-6-7-8-9-10-11-12-13-14-15-16-17-20-27-41(39)33-28-29-21-18-19-22-32(29)34(35(33)38)37-36-30-23-25-31(40-2)26-24-30/h18-19,21-26,28,38H,3-17,20,27H2,1-2H3. The Kier molecular flexibility index (Phi) is 15.5. The Morgan fingerprint density at radius 3 is 1.80 bits per heavy atom. The van der Waals surface area contributed by atoms with E-state index in [4.69, 9.17) is 4.74 Å². The van der Waals surface area contributed by atoms with Crippen molar-refractivity contribution in [3.05, 3.63) is 54.6 Å². The van der Waals surface area contributed by atoms with Gasteiger partial charge in [-0.1, -0.05) is 128 Å². The van der Waals surface area contributed by atoms with Crippen LogP contribution in [0, 0.1) is 0 Å². The molecule has 3 aromatic carbocycles. The third kappa shape index (κ3) is 11.6. The summed E-state index contributed by atoms with van der Waals surface area (Å²) in [5.41, 5.74) is 1.00. The van der Waals surface area contributed by atoms with E-state index in [-0.39, 0.29) is 5.75 Å². The zero-order chi connectivity index (χ0) is 29.1. The zero-order valence-corrected chi connectivity index (χ0v) is 26.1. The number of methoxy groups -OCH3 is 1. The number of azo groups is 1. The van der Waals surface area contributed by atoms with Crippen LogP contribution >= 0.6 is 0 Å². The molecule has 0 saturated heterocycles. The minimum atomic E-state index is -1.30. The molecule has 0 heterocycles. The second-order valence-electron chi connectivity index (χ2n) is 11.0. The molecular formula is C35H50N2O3S. The Bertz CT molecular complexity index is 1210. The summed E-state index contributed by atoms with van der Waals surface area (Å²) in [5.74, 6) is 1.24. The predicted molar refractivity (Wildman–Crippen MR) is 174 cm³/mol. The molecule has 0 spiro atoms. The van der Waals surface area contributed by atoms with E-state index in [0.717, 1.165) is 29.4 Å². The number of phenols is 1. The van der Waals surface area contributed by atoms with Gasteiger partial charge in [0, 0.05) is 11.1 Å². The fourth-order valence-corrected chi connectivity index (χ4v) is 6.47. The van der Waals surface area contributed by atoms with Crippen LogP contribution in [0.15, 0.2) is 69.7 Å². The van der Waals surface area contributed by atoms with E-state index in [1.54, 1.807) is 19.2 Å². The average molecular weight is 579 g/mol. The highest BCUT2D eigenvalue weighted by Gasteiger charge is 2.17. The van der Waals surface area contributed by atoms with Gasteiger partial charge in [-0.15, -0.1) is 5.11 Å². The summed E-state index contributed by atoms with van der Waals surface area (Å²) >= 11 is 0. The summed E-state index contributed by atoms with van der Waals surface area (Å²) in [4.78, 5) is 0.438. The van der Waals surface area contributed by atoms with Gasteiger partial charge in [0.25, 0.3) is 0 Å². The van der Waals surface area contributed by atoms with E-state index in [2.05, 4.69) is 17.2 Å². The van der Waals surface area contributed by atoms with E-state index < -0.39 is 10.8 Å². The smallest absolute Gasteiger partial charge is 0.159 e. The van der Waals surface area contributed by atoms with Crippen LogP contribution in [0.2, 0.25) is 0 Å². The van der Waals surface area contributed by atoms with Gasteiger partial charge >= 0.3 is 0 Å². The summed E-state index contributed by atoms with van der Waals surface area (Å²) in [6, 6.07) is 16.8. The highest BCUT2D eigenvalue weighted by molar-refractivity contribution is 7.85. The summed E-state index contributed by atoms with van der Waals surface area (Å²) in [7, 11) is 0.318. The van der Waals surface area contributed by atoms with Crippen LogP contribution in [0.5, 0.6) is 11.5 Å². The van der Waals surface area contributed by atoms with E-state index in [1.165, 1.54) is 89.9 Å². The summed E-state index contributed by atoms with van der Waals surface area (Å²) in [5, 5.41) is 21.5. The largest absolute Gasteiger partial charge is 0.504 e. The predicted octanol–water partition coefficient (Wildman–Crippen LogP) is 11.3. The van der Waals surface area contributed by atoms with Crippen molar-refractivity contribution in [1.82, 2.24) is 0 Å². The number of phenolic OH excluding ortho intramolecular Hbond substituents is 1. The SMILES string of the molecule is CCCCCCCCCCCCCCCCCCS(=O)c1cc2ccccc2c(N=Nc2ccc(OC)cc2)c1O. The first-order chi connectivity index (χ1) is 20.1. The fraction of sp³-hybridized carbons (Fsp3) is 0.543. The molecular weight excluding hydrogens is 528 g/mol. The van der Waals surface area contributed by atoms with Crippen LogP contribution in [0.25, 0.3) is 10.8 Å². The number of nitrogens with zero attached hydrogens (tertiary/aromatic N) is 2. The molecule has 224 valence electrons. The van der Waals surface area contributed by atoms with E-state index in [1.807, 2.05) is 42.5 Å². The number of hydrogen-bond donors (Lipinski definition) is 1. The second kappa shape index (κ2) is 19.4. The van der Waals surface area contributed by atoms with Crippen LogP contribution in [0.3, 0.4) is 0 Å². The maximum absolute atomic E-state index is 13.2. The molecule has 1 N–H and O–H groups in total. The zero-order valence-electron chi connectivity index (χ0n) is 25.3. The lowest BCUT2D eigenvalue weighted by atomic mass is 10.0. The molecule has 0 radical (unpaired) electrons. The molecule has 6 heteroatoms. The quantitative estimate of drug-likeness (QED) is 0.101. The first-order valence-electron chi connectivity index (χ1n) is 15.8. The van der Waals surface area contributed by atoms with Gasteiger partial charge in [0.1, 0.15) is 11.4 Å². The van der Waals surface area contributed by atoms with Crippen LogP contribution in [0.1, 0.15) is 110 Å². The van der Waals surface area contributed by atoms with Crippen LogP contribution < -0.4 is 4.74 Å². The number of hydrogen-bond acceptors (Lipinski definition) is 5. The number of benzene rings is 3. The molecule has 0 bridgehead atoms. The molecule has 0 amide bonds. The molecule has 3 aromatic rings. The molecule has 3 rings (SSSR count). The van der Waals surface area contributed by atoms with Crippen molar-refractivity contribution in [3.63, 3.8) is 0 Å². The molecule has 5 nitrogen and oxygen atoms in total. The van der Waals surface area contributed by atoms with E-state index in [0.29, 0.717) is 22.0 Å². The van der Waals surface area contributed by atoms with Crippen molar-refractivity contribution >= 4 is 32.9 Å². The molecule has 0 fully saturated rings. The lowest BCUT2D eigenvalue weighted by molar-refractivity contribution is 0.415. The molecule has 0 aliphatic rings. The first-order valence-corrected chi connectivity index (χ1v) is 17.1. The third-order valence-corrected chi connectivity index (χ3v) is 9.19. The van der Waals surface area contributed by atoms with Crippen LogP contribution in [-0.2, 0) is 10.8 Å². The van der Waals surface area contributed by atoms with Gasteiger partial charge in [-0.2, -0.15) is 5.11 Å². The van der Waals surface area contributed by atoms with Crippen molar-refractivity contribution in [3.8, 4) is 11.5 Å². The molecule has 0 aliphatic carbocycles. The first kappa shape index (κ1) is 32.8. The average Bonchev–Trinajstić information content (AvgIpc) is 3.00. The summed E-state index contributed by atoms with van der Waals surface area (Å²) < 4.78 is 18.4. The molecule has 0 aromatic heterocycles. The van der Waals surface area contributed by atoms with Gasteiger partial charge in [-0.05, 0) is 42.1 Å². The van der Waals surface area contributed by atoms with Crippen molar-refractivity contribution in [2.45, 2.75) is 115 Å². The summed E-state index contributed by atoms with van der Waals surface area (Å²) in [6.07, 6.45) is 21.0. The number of fused-ring (bicyclic) bond motifs is 1. The van der Waals surface area contributed by atoms with Crippen molar-refractivity contribution in [1.29, 1.82) is 0 Å². The van der Waals surface area contributed by atoms with Crippen molar-refractivity contribution in [2.24, 2.45) is 10.2 Å². The van der Waals surface area contributed by atoms with E-state index >= 15 is 0 Å². The lowest BCUT2D eigenvalue weighted by Gasteiger charge is -2.10. The minimum Gasteiger partial charge on any atom is -0.504 e. The Morgan fingerprint density at radius 1 is 0.707 bits per heavy atom. The third-order valence-electron chi connectivity index (χ3n) is 7.73. The van der Waals surface area contributed by atoms with Gasteiger partial charge < -0.3 is 9.84 Å². The normalized spacial score (nSPS) is 12.3. The number of ether oxygens (including phenoxy) is 1. The molecule has 0 aliphatic heterocycles. The van der Waals surface area contributed by atoms with Crippen molar-refractivity contribution < 1.29 is 14.1 Å². The lowest BCUT2D eigenvalue weighted by Crippen LogP contribution is -1.99. The Hall–Kier alpha value is -2.73. The maximum Gasteiger partial charge on any atom is 0.159 e. The molecule has 41 heavy (non-hydrogen) atoms. The molecule has 1 unspecified atom stereocenters. The number of aromatic hydroxyl groups is 1. The maximum atomic E-state index is 13.2. The van der Waals surface area contributed by atoms with Gasteiger partial charge in [-0.25, -0.2) is 0 Å². The van der Waals surface area contributed by atoms with E-state index in [9.17, 15) is 9.32 Å². The Labute approximate surface area is 250 Å². The minimum absolute atomic E-state index is 0.0456. The van der Waals surface area contributed by atoms with Gasteiger partial charge in [0.15, 0.2) is 5.75 Å². The fourth-order valence-electron chi connectivity index (χ4n) is 5.21. The Balaban J connectivity index is 1.39. The second-order valence-corrected chi connectivity index (χ2v) is 12.6. The topological polar surface area (TPSA) is 71.2 Å². The highest BCUT2D eigenvalue weighted by Crippen LogP contribution is 2.41. The molecule has 0 saturated carbocycles.